The van der Waals surface area contributed by atoms with Gasteiger partial charge in [0.2, 0.25) is 0 Å². The zero-order chi connectivity index (χ0) is 9.52. The molecule has 0 saturated heterocycles. The van der Waals surface area contributed by atoms with Crippen LogP contribution in [0.15, 0.2) is 30.3 Å². The summed E-state index contributed by atoms with van der Waals surface area (Å²) >= 11 is 0. The largest absolute Gasteiger partial charge is 0.356 e. The van der Waals surface area contributed by atoms with Crippen LogP contribution < -0.4 is 0 Å². The van der Waals surface area contributed by atoms with Crippen molar-refractivity contribution in [1.82, 2.24) is 0 Å². The van der Waals surface area contributed by atoms with Crippen molar-refractivity contribution in [3.63, 3.8) is 0 Å². The maximum Gasteiger partial charge on any atom is 0.157 e. The Labute approximate surface area is 79.5 Å². The molecule has 0 aromatic heterocycles. The molecule has 0 radical (unpaired) electrons. The molecular formula is C11H16O2. The van der Waals surface area contributed by atoms with E-state index >= 15 is 0 Å². The number of methoxy groups -OCH3 is 2. The molecule has 0 N–H and O–H groups in total. The molecule has 0 aliphatic carbocycles. The molecule has 0 unspecified atom stereocenters. The molecule has 2 nitrogen and oxygen atoms in total. The molecule has 1 rings (SSSR count). The van der Waals surface area contributed by atoms with Gasteiger partial charge in [-0.05, 0) is 12.0 Å². The summed E-state index contributed by atoms with van der Waals surface area (Å²) < 4.78 is 10.2. The van der Waals surface area contributed by atoms with Crippen LogP contribution in [0, 0.1) is 0 Å². The Kier molecular flexibility index (Phi) is 4.50. The van der Waals surface area contributed by atoms with Gasteiger partial charge in [-0.1, -0.05) is 30.3 Å². The molecule has 0 saturated carbocycles. The molecule has 0 bridgehead atoms. The minimum Gasteiger partial charge on any atom is -0.356 e. The van der Waals surface area contributed by atoms with Gasteiger partial charge < -0.3 is 9.47 Å². The molecule has 0 aliphatic heterocycles. The van der Waals surface area contributed by atoms with Crippen LogP contribution in [0.1, 0.15) is 12.0 Å². The molecule has 0 amide bonds. The molecule has 0 heterocycles. The van der Waals surface area contributed by atoms with Gasteiger partial charge in [0, 0.05) is 20.6 Å². The highest BCUT2D eigenvalue weighted by Crippen LogP contribution is 2.06. The van der Waals surface area contributed by atoms with Crippen LogP contribution in [-0.4, -0.2) is 20.5 Å². The van der Waals surface area contributed by atoms with E-state index in [2.05, 4.69) is 12.1 Å². The summed E-state index contributed by atoms with van der Waals surface area (Å²) in [6.45, 7) is 0. The number of hydrogen-bond donors (Lipinski definition) is 0. The number of ether oxygens (including phenoxy) is 2. The third kappa shape index (κ3) is 3.57. The predicted molar refractivity (Wildman–Crippen MR) is 52.6 cm³/mol. The lowest BCUT2D eigenvalue weighted by molar-refractivity contribution is -0.105. The molecule has 0 spiro atoms. The lowest BCUT2D eigenvalue weighted by Crippen LogP contribution is -2.13. The second-order valence-electron chi connectivity index (χ2n) is 2.93. The van der Waals surface area contributed by atoms with Crippen LogP contribution in [0.5, 0.6) is 0 Å². The number of aryl methyl sites for hydroxylation is 1. The maximum absolute atomic E-state index is 5.10. The smallest absolute Gasteiger partial charge is 0.157 e. The summed E-state index contributed by atoms with van der Waals surface area (Å²) in [4.78, 5) is 0. The normalized spacial score (nSPS) is 10.7. The van der Waals surface area contributed by atoms with Gasteiger partial charge in [0.15, 0.2) is 6.29 Å². The van der Waals surface area contributed by atoms with Gasteiger partial charge in [0.1, 0.15) is 0 Å². The first-order chi connectivity index (χ1) is 6.36. The van der Waals surface area contributed by atoms with Gasteiger partial charge in [-0.15, -0.1) is 0 Å². The second-order valence-corrected chi connectivity index (χ2v) is 2.93. The fourth-order valence-corrected chi connectivity index (χ4v) is 1.26. The topological polar surface area (TPSA) is 18.5 Å². The van der Waals surface area contributed by atoms with E-state index in [1.807, 2.05) is 18.2 Å². The number of rotatable bonds is 5. The first kappa shape index (κ1) is 10.2. The molecule has 1 aromatic rings. The molecule has 0 atom stereocenters. The third-order valence-electron chi connectivity index (χ3n) is 2.04. The van der Waals surface area contributed by atoms with Crippen molar-refractivity contribution in [2.24, 2.45) is 0 Å². The zero-order valence-corrected chi connectivity index (χ0v) is 8.19. The van der Waals surface area contributed by atoms with E-state index in [-0.39, 0.29) is 6.29 Å². The Hall–Kier alpha value is -0.860. The van der Waals surface area contributed by atoms with Crippen LogP contribution in [0.25, 0.3) is 0 Å². The quantitative estimate of drug-likeness (QED) is 0.647. The number of hydrogen-bond acceptors (Lipinski definition) is 2. The average Bonchev–Trinajstić information content (AvgIpc) is 2.21. The number of benzene rings is 1. The fraction of sp³-hybridized carbons (Fsp3) is 0.455. The van der Waals surface area contributed by atoms with Gasteiger partial charge in [-0.25, -0.2) is 0 Å². The Morgan fingerprint density at radius 3 is 2.23 bits per heavy atom. The van der Waals surface area contributed by atoms with Crippen molar-refractivity contribution >= 4 is 0 Å². The lowest BCUT2D eigenvalue weighted by atomic mass is 10.1. The molecule has 0 fully saturated rings. The van der Waals surface area contributed by atoms with E-state index < -0.39 is 0 Å². The minimum absolute atomic E-state index is 0.0831. The van der Waals surface area contributed by atoms with Gasteiger partial charge in [0.05, 0.1) is 0 Å². The van der Waals surface area contributed by atoms with Crippen LogP contribution in [0.4, 0.5) is 0 Å². The zero-order valence-electron chi connectivity index (χ0n) is 8.19. The Balaban J connectivity index is 2.34. The highest BCUT2D eigenvalue weighted by Gasteiger charge is 2.04. The molecule has 0 aliphatic rings. The average molecular weight is 180 g/mol. The lowest BCUT2D eigenvalue weighted by Gasteiger charge is -2.12. The van der Waals surface area contributed by atoms with Crippen molar-refractivity contribution < 1.29 is 9.47 Å². The second kappa shape index (κ2) is 5.73. The molecule has 13 heavy (non-hydrogen) atoms. The summed E-state index contributed by atoms with van der Waals surface area (Å²) in [7, 11) is 3.33. The molecule has 2 heteroatoms. The van der Waals surface area contributed by atoms with Crippen LogP contribution in [-0.2, 0) is 15.9 Å². The van der Waals surface area contributed by atoms with Crippen molar-refractivity contribution in [3.05, 3.63) is 35.9 Å². The molecule has 72 valence electrons. The Bertz CT molecular complexity index is 217. The van der Waals surface area contributed by atoms with Crippen LogP contribution in [0.2, 0.25) is 0 Å². The van der Waals surface area contributed by atoms with Crippen molar-refractivity contribution in [2.75, 3.05) is 14.2 Å². The van der Waals surface area contributed by atoms with Crippen LogP contribution >= 0.6 is 0 Å². The van der Waals surface area contributed by atoms with Gasteiger partial charge >= 0.3 is 0 Å². The van der Waals surface area contributed by atoms with Gasteiger partial charge in [-0.3, -0.25) is 0 Å². The van der Waals surface area contributed by atoms with Crippen molar-refractivity contribution in [2.45, 2.75) is 19.1 Å². The third-order valence-corrected chi connectivity index (χ3v) is 2.04. The van der Waals surface area contributed by atoms with E-state index in [0.29, 0.717) is 0 Å². The first-order valence-corrected chi connectivity index (χ1v) is 4.46. The molecular weight excluding hydrogens is 164 g/mol. The summed E-state index contributed by atoms with van der Waals surface area (Å²) in [5.41, 5.74) is 1.32. The van der Waals surface area contributed by atoms with E-state index in [1.54, 1.807) is 14.2 Å². The van der Waals surface area contributed by atoms with Crippen molar-refractivity contribution in [3.8, 4) is 0 Å². The van der Waals surface area contributed by atoms with Gasteiger partial charge in [-0.2, -0.15) is 0 Å². The van der Waals surface area contributed by atoms with Crippen molar-refractivity contribution in [1.29, 1.82) is 0 Å². The first-order valence-electron chi connectivity index (χ1n) is 4.46. The van der Waals surface area contributed by atoms with E-state index in [1.165, 1.54) is 5.56 Å². The predicted octanol–water partition coefficient (Wildman–Crippen LogP) is 2.24. The summed E-state index contributed by atoms with van der Waals surface area (Å²) in [6, 6.07) is 10.3. The minimum atomic E-state index is -0.0831. The summed E-state index contributed by atoms with van der Waals surface area (Å²) in [6.07, 6.45) is 1.81. The standard InChI is InChI=1S/C11H16O2/c1-12-11(13-2)9-8-10-6-4-3-5-7-10/h3-7,11H,8-9H2,1-2H3. The highest BCUT2D eigenvalue weighted by molar-refractivity contribution is 5.14. The molecule has 1 aromatic carbocycles. The highest BCUT2D eigenvalue weighted by atomic mass is 16.7. The maximum atomic E-state index is 5.10. The monoisotopic (exact) mass is 180 g/mol. The fourth-order valence-electron chi connectivity index (χ4n) is 1.26. The van der Waals surface area contributed by atoms with Gasteiger partial charge in [0.25, 0.3) is 0 Å². The Morgan fingerprint density at radius 2 is 1.69 bits per heavy atom. The SMILES string of the molecule is COC(CCc1ccccc1)OC. The van der Waals surface area contributed by atoms with E-state index in [4.69, 9.17) is 9.47 Å². The van der Waals surface area contributed by atoms with E-state index in [0.717, 1.165) is 12.8 Å². The van der Waals surface area contributed by atoms with E-state index in [9.17, 15) is 0 Å². The van der Waals surface area contributed by atoms with Crippen LogP contribution in [0.3, 0.4) is 0 Å². The summed E-state index contributed by atoms with van der Waals surface area (Å²) in [5, 5.41) is 0. The summed E-state index contributed by atoms with van der Waals surface area (Å²) in [5.74, 6) is 0. The Morgan fingerprint density at radius 1 is 1.08 bits per heavy atom.